The quantitative estimate of drug-likeness (QED) is 0.850. The van der Waals surface area contributed by atoms with E-state index in [9.17, 15) is 0 Å². The fourth-order valence-corrected chi connectivity index (χ4v) is 2.97. The molecule has 0 aromatic heterocycles. The van der Waals surface area contributed by atoms with Crippen LogP contribution in [-0.2, 0) is 11.2 Å². The molecular weight excluding hydrogens is 246 g/mol. The van der Waals surface area contributed by atoms with Gasteiger partial charge in [-0.2, -0.15) is 0 Å². The second kappa shape index (κ2) is 7.80. The van der Waals surface area contributed by atoms with Crippen LogP contribution in [0.5, 0.6) is 0 Å². The minimum atomic E-state index is 0.383. The second-order valence-electron chi connectivity index (χ2n) is 6.17. The maximum Gasteiger partial charge on any atom is 0.0731 e. The van der Waals surface area contributed by atoms with Gasteiger partial charge in [0.1, 0.15) is 0 Å². The molecule has 0 spiro atoms. The van der Waals surface area contributed by atoms with Crippen molar-refractivity contribution in [3.05, 3.63) is 35.4 Å². The van der Waals surface area contributed by atoms with Gasteiger partial charge in [-0.15, -0.1) is 0 Å². The Hall–Kier alpha value is -0.860. The van der Waals surface area contributed by atoms with Crippen molar-refractivity contribution in [3.8, 4) is 0 Å². The Morgan fingerprint density at radius 3 is 2.50 bits per heavy atom. The lowest BCUT2D eigenvalue weighted by Crippen LogP contribution is -2.44. The molecule has 1 aromatic rings. The monoisotopic (exact) mass is 275 g/mol. The molecule has 0 radical (unpaired) electrons. The standard InChI is InChI=1S/C18H29NO/c1-4-19-17(18-7-5-6-12-20-18)13-15-8-10-16(11-9-15)14(2)3/h8-11,14,17-19H,4-7,12-13H2,1-3H3. The van der Waals surface area contributed by atoms with Crippen LogP contribution in [0.2, 0.25) is 0 Å². The first-order valence-corrected chi connectivity index (χ1v) is 8.14. The smallest absolute Gasteiger partial charge is 0.0731 e. The molecule has 2 heteroatoms. The van der Waals surface area contributed by atoms with E-state index < -0.39 is 0 Å². The minimum absolute atomic E-state index is 0.383. The first-order valence-electron chi connectivity index (χ1n) is 8.14. The van der Waals surface area contributed by atoms with E-state index in [1.165, 1.54) is 30.4 Å². The van der Waals surface area contributed by atoms with Gasteiger partial charge in [-0.05, 0) is 49.3 Å². The first kappa shape index (κ1) is 15.5. The van der Waals surface area contributed by atoms with Crippen LogP contribution >= 0.6 is 0 Å². The van der Waals surface area contributed by atoms with E-state index in [-0.39, 0.29) is 0 Å². The summed E-state index contributed by atoms with van der Waals surface area (Å²) in [7, 11) is 0. The highest BCUT2D eigenvalue weighted by atomic mass is 16.5. The van der Waals surface area contributed by atoms with Gasteiger partial charge in [-0.25, -0.2) is 0 Å². The lowest BCUT2D eigenvalue weighted by Gasteiger charge is -2.31. The van der Waals surface area contributed by atoms with Gasteiger partial charge >= 0.3 is 0 Å². The van der Waals surface area contributed by atoms with Crippen LogP contribution in [-0.4, -0.2) is 25.3 Å². The average Bonchev–Trinajstić information content (AvgIpc) is 2.48. The number of hydrogen-bond donors (Lipinski definition) is 1. The number of hydrogen-bond acceptors (Lipinski definition) is 2. The summed E-state index contributed by atoms with van der Waals surface area (Å²) in [6, 6.07) is 9.55. The van der Waals surface area contributed by atoms with Crippen LogP contribution in [0.15, 0.2) is 24.3 Å². The molecule has 1 N–H and O–H groups in total. The van der Waals surface area contributed by atoms with Gasteiger partial charge in [0.15, 0.2) is 0 Å². The van der Waals surface area contributed by atoms with Crippen LogP contribution in [0.3, 0.4) is 0 Å². The molecule has 2 nitrogen and oxygen atoms in total. The maximum atomic E-state index is 5.96. The Kier molecular flexibility index (Phi) is 6.06. The Morgan fingerprint density at radius 2 is 1.95 bits per heavy atom. The molecule has 2 unspecified atom stereocenters. The molecule has 1 heterocycles. The SMILES string of the molecule is CCNC(Cc1ccc(C(C)C)cc1)C1CCCCO1. The van der Waals surface area contributed by atoms with Crippen molar-refractivity contribution < 1.29 is 4.74 Å². The lowest BCUT2D eigenvalue weighted by atomic mass is 9.94. The van der Waals surface area contributed by atoms with Gasteiger partial charge in [-0.3, -0.25) is 0 Å². The predicted molar refractivity (Wildman–Crippen MR) is 85.3 cm³/mol. The molecule has 0 amide bonds. The van der Waals surface area contributed by atoms with Gasteiger partial charge < -0.3 is 10.1 Å². The Labute approximate surface area is 123 Å². The highest BCUT2D eigenvalue weighted by Gasteiger charge is 2.23. The summed E-state index contributed by atoms with van der Waals surface area (Å²) in [6.07, 6.45) is 5.17. The summed E-state index contributed by atoms with van der Waals surface area (Å²) >= 11 is 0. The van der Waals surface area contributed by atoms with E-state index in [2.05, 4.69) is 50.4 Å². The van der Waals surface area contributed by atoms with Crippen LogP contribution in [0, 0.1) is 0 Å². The van der Waals surface area contributed by atoms with E-state index in [1.54, 1.807) is 0 Å². The zero-order chi connectivity index (χ0) is 14.4. The van der Waals surface area contributed by atoms with E-state index in [4.69, 9.17) is 4.74 Å². The van der Waals surface area contributed by atoms with Gasteiger partial charge in [0.05, 0.1) is 6.10 Å². The van der Waals surface area contributed by atoms with Crippen LogP contribution < -0.4 is 5.32 Å². The molecule has 112 valence electrons. The summed E-state index contributed by atoms with van der Waals surface area (Å²) in [5, 5.41) is 3.61. The number of nitrogens with one attached hydrogen (secondary N) is 1. The second-order valence-corrected chi connectivity index (χ2v) is 6.17. The molecule has 0 saturated carbocycles. The number of ether oxygens (including phenoxy) is 1. The normalized spacial score (nSPS) is 21.1. The maximum absolute atomic E-state index is 5.96. The number of benzene rings is 1. The molecular formula is C18H29NO. The third-order valence-electron chi connectivity index (χ3n) is 4.23. The molecule has 1 saturated heterocycles. The first-order chi connectivity index (χ1) is 9.70. The highest BCUT2D eigenvalue weighted by Crippen LogP contribution is 2.20. The van der Waals surface area contributed by atoms with Crippen molar-refractivity contribution in [1.82, 2.24) is 5.32 Å². The van der Waals surface area contributed by atoms with Crippen molar-refractivity contribution in [3.63, 3.8) is 0 Å². The van der Waals surface area contributed by atoms with Crippen molar-refractivity contribution in [2.45, 2.75) is 64.5 Å². The Morgan fingerprint density at radius 1 is 1.20 bits per heavy atom. The molecule has 0 bridgehead atoms. The van der Waals surface area contributed by atoms with Gasteiger partial charge in [0.25, 0.3) is 0 Å². The zero-order valence-electron chi connectivity index (χ0n) is 13.2. The van der Waals surface area contributed by atoms with Crippen LogP contribution in [0.1, 0.15) is 57.1 Å². The van der Waals surface area contributed by atoms with Crippen molar-refractivity contribution in [2.75, 3.05) is 13.2 Å². The zero-order valence-corrected chi connectivity index (χ0v) is 13.2. The van der Waals surface area contributed by atoms with Gasteiger partial charge in [-0.1, -0.05) is 45.0 Å². The van der Waals surface area contributed by atoms with Crippen molar-refractivity contribution >= 4 is 0 Å². The fraction of sp³-hybridized carbons (Fsp3) is 0.667. The van der Waals surface area contributed by atoms with Crippen molar-refractivity contribution in [1.29, 1.82) is 0 Å². The molecule has 0 aliphatic carbocycles. The van der Waals surface area contributed by atoms with E-state index >= 15 is 0 Å². The Balaban J connectivity index is 1.99. The molecule has 2 rings (SSSR count). The minimum Gasteiger partial charge on any atom is -0.377 e. The molecule has 1 aliphatic rings. The van der Waals surface area contributed by atoms with E-state index in [0.717, 1.165) is 19.6 Å². The fourth-order valence-electron chi connectivity index (χ4n) is 2.97. The van der Waals surface area contributed by atoms with Crippen molar-refractivity contribution in [2.24, 2.45) is 0 Å². The van der Waals surface area contributed by atoms with E-state index in [1.807, 2.05) is 0 Å². The topological polar surface area (TPSA) is 21.3 Å². The number of likely N-dealkylation sites (N-methyl/N-ethyl adjacent to an activating group) is 1. The largest absolute Gasteiger partial charge is 0.377 e. The molecule has 1 fully saturated rings. The average molecular weight is 275 g/mol. The highest BCUT2D eigenvalue weighted by molar-refractivity contribution is 5.25. The third kappa shape index (κ3) is 4.32. The molecule has 2 atom stereocenters. The summed E-state index contributed by atoms with van der Waals surface area (Å²) < 4.78 is 5.96. The molecule has 1 aromatic carbocycles. The summed E-state index contributed by atoms with van der Waals surface area (Å²) in [5.41, 5.74) is 2.83. The summed E-state index contributed by atoms with van der Waals surface area (Å²) in [5.74, 6) is 0.607. The van der Waals surface area contributed by atoms with Crippen LogP contribution in [0.25, 0.3) is 0 Å². The van der Waals surface area contributed by atoms with E-state index in [0.29, 0.717) is 18.1 Å². The Bertz CT molecular complexity index is 379. The predicted octanol–water partition coefficient (Wildman–Crippen LogP) is 3.90. The van der Waals surface area contributed by atoms with Crippen LogP contribution in [0.4, 0.5) is 0 Å². The number of rotatable bonds is 6. The summed E-state index contributed by atoms with van der Waals surface area (Å²) in [6.45, 7) is 8.60. The molecule has 20 heavy (non-hydrogen) atoms. The van der Waals surface area contributed by atoms with Gasteiger partial charge in [0, 0.05) is 12.6 Å². The lowest BCUT2D eigenvalue weighted by molar-refractivity contribution is -0.00709. The third-order valence-corrected chi connectivity index (χ3v) is 4.23. The summed E-state index contributed by atoms with van der Waals surface area (Å²) in [4.78, 5) is 0. The molecule has 1 aliphatic heterocycles. The van der Waals surface area contributed by atoms with Gasteiger partial charge in [0.2, 0.25) is 0 Å².